The number of benzene rings is 2. The highest BCUT2D eigenvalue weighted by Gasteiger charge is 2.17. The fraction of sp³-hybridized carbons (Fsp3) is 0.217. The van der Waals surface area contributed by atoms with E-state index >= 15 is 0 Å². The first-order chi connectivity index (χ1) is 14.1. The van der Waals surface area contributed by atoms with Crippen LogP contribution >= 0.6 is 11.3 Å². The number of hydrogen-bond acceptors (Lipinski definition) is 4. The molecule has 0 bridgehead atoms. The molecule has 0 atom stereocenters. The molecule has 0 spiro atoms. The van der Waals surface area contributed by atoms with Crippen molar-refractivity contribution in [3.05, 3.63) is 70.7 Å². The van der Waals surface area contributed by atoms with Crippen LogP contribution in [0.1, 0.15) is 21.6 Å². The second-order valence-corrected chi connectivity index (χ2v) is 7.90. The molecule has 0 saturated heterocycles. The predicted octanol–water partition coefficient (Wildman–Crippen LogP) is 5.28. The molecule has 0 aliphatic carbocycles. The maximum atomic E-state index is 12.7. The van der Waals surface area contributed by atoms with Crippen molar-refractivity contribution in [1.29, 1.82) is 0 Å². The Morgan fingerprint density at radius 1 is 1.17 bits per heavy atom. The van der Waals surface area contributed by atoms with Crippen molar-refractivity contribution >= 4 is 33.8 Å². The fourth-order valence-electron chi connectivity index (χ4n) is 3.45. The number of aryl methyl sites for hydroxylation is 2. The molecule has 4 aromatic rings. The fourth-order valence-corrected chi connectivity index (χ4v) is 4.27. The zero-order chi connectivity index (χ0) is 20.4. The van der Waals surface area contributed by atoms with Crippen LogP contribution in [0.3, 0.4) is 0 Å². The Bertz CT molecular complexity index is 1180. The summed E-state index contributed by atoms with van der Waals surface area (Å²) >= 11 is 1.48. The SMILES string of the molecule is COCCn1c(-c2nc(C(=O)Nc3ccc(C)cc3C)cs2)cc2ccccc21. The summed E-state index contributed by atoms with van der Waals surface area (Å²) in [6.45, 7) is 5.36. The minimum atomic E-state index is -0.195. The summed E-state index contributed by atoms with van der Waals surface area (Å²) in [5.41, 5.74) is 5.57. The molecular weight excluding hydrogens is 382 g/mol. The van der Waals surface area contributed by atoms with Gasteiger partial charge in [0.2, 0.25) is 0 Å². The zero-order valence-corrected chi connectivity index (χ0v) is 17.5. The number of anilines is 1. The number of nitrogens with zero attached hydrogens (tertiary/aromatic N) is 2. The third-order valence-electron chi connectivity index (χ3n) is 4.92. The molecule has 5 nitrogen and oxygen atoms in total. The Balaban J connectivity index is 1.64. The predicted molar refractivity (Wildman–Crippen MR) is 119 cm³/mol. The highest BCUT2D eigenvalue weighted by molar-refractivity contribution is 7.13. The van der Waals surface area contributed by atoms with E-state index in [1.54, 1.807) is 7.11 Å². The Labute approximate surface area is 174 Å². The highest BCUT2D eigenvalue weighted by Crippen LogP contribution is 2.31. The molecule has 29 heavy (non-hydrogen) atoms. The lowest BCUT2D eigenvalue weighted by molar-refractivity contribution is 0.102. The number of aromatic nitrogens is 2. The van der Waals surface area contributed by atoms with E-state index < -0.39 is 0 Å². The molecule has 0 fully saturated rings. The van der Waals surface area contributed by atoms with Crippen molar-refractivity contribution in [2.24, 2.45) is 0 Å². The lowest BCUT2D eigenvalue weighted by Crippen LogP contribution is -2.13. The summed E-state index contributed by atoms with van der Waals surface area (Å²) in [5.74, 6) is -0.195. The number of carbonyl (C=O) groups is 1. The van der Waals surface area contributed by atoms with Gasteiger partial charge in [-0.1, -0.05) is 35.9 Å². The molecule has 0 aliphatic rings. The van der Waals surface area contributed by atoms with Gasteiger partial charge in [-0.15, -0.1) is 11.3 Å². The molecule has 1 N–H and O–H groups in total. The Morgan fingerprint density at radius 3 is 2.79 bits per heavy atom. The molecule has 1 amide bonds. The maximum absolute atomic E-state index is 12.7. The normalized spacial score (nSPS) is 11.1. The van der Waals surface area contributed by atoms with E-state index in [2.05, 4.69) is 39.1 Å². The standard InChI is InChI=1S/C23H23N3O2S/c1-15-8-9-18(16(2)12-15)24-22(27)19-14-29-23(25-19)21-13-17-6-4-5-7-20(17)26(21)10-11-28-3/h4-9,12-14H,10-11H2,1-3H3,(H,24,27). The largest absolute Gasteiger partial charge is 0.383 e. The third kappa shape index (κ3) is 3.95. The quantitative estimate of drug-likeness (QED) is 0.475. The van der Waals surface area contributed by atoms with Crippen molar-refractivity contribution in [3.8, 4) is 10.7 Å². The first kappa shape index (κ1) is 19.4. The van der Waals surface area contributed by atoms with Gasteiger partial charge in [0, 0.05) is 35.6 Å². The highest BCUT2D eigenvalue weighted by atomic mass is 32.1. The van der Waals surface area contributed by atoms with Crippen molar-refractivity contribution in [2.45, 2.75) is 20.4 Å². The number of ether oxygens (including phenoxy) is 1. The molecular formula is C23H23N3O2S. The number of thiazole rings is 1. The van der Waals surface area contributed by atoms with Crippen LogP contribution in [0.25, 0.3) is 21.6 Å². The van der Waals surface area contributed by atoms with Crippen LogP contribution in [-0.2, 0) is 11.3 Å². The number of para-hydroxylation sites is 1. The maximum Gasteiger partial charge on any atom is 0.275 e. The van der Waals surface area contributed by atoms with E-state index in [9.17, 15) is 4.79 Å². The lowest BCUT2D eigenvalue weighted by Gasteiger charge is -2.09. The van der Waals surface area contributed by atoms with Crippen molar-refractivity contribution in [2.75, 3.05) is 19.0 Å². The monoisotopic (exact) mass is 405 g/mol. The number of fused-ring (bicyclic) bond motifs is 1. The van der Waals surface area contributed by atoms with E-state index in [4.69, 9.17) is 4.74 Å². The van der Waals surface area contributed by atoms with Crippen molar-refractivity contribution in [1.82, 2.24) is 9.55 Å². The Morgan fingerprint density at radius 2 is 2.00 bits per heavy atom. The van der Waals surface area contributed by atoms with E-state index in [0.29, 0.717) is 12.3 Å². The molecule has 0 unspecified atom stereocenters. The van der Waals surface area contributed by atoms with Crippen LogP contribution in [0.4, 0.5) is 5.69 Å². The topological polar surface area (TPSA) is 56.2 Å². The van der Waals surface area contributed by atoms with Crippen LogP contribution in [0.5, 0.6) is 0 Å². The summed E-state index contributed by atoms with van der Waals surface area (Å²) < 4.78 is 7.48. The molecule has 0 aliphatic heterocycles. The van der Waals surface area contributed by atoms with Gasteiger partial charge in [0.15, 0.2) is 0 Å². The molecule has 0 saturated carbocycles. The van der Waals surface area contributed by atoms with Crippen LogP contribution in [-0.4, -0.2) is 29.2 Å². The minimum absolute atomic E-state index is 0.195. The van der Waals surface area contributed by atoms with Gasteiger partial charge in [0.25, 0.3) is 5.91 Å². The van der Waals surface area contributed by atoms with Gasteiger partial charge in [-0.05, 0) is 37.6 Å². The summed E-state index contributed by atoms with van der Waals surface area (Å²) in [4.78, 5) is 17.4. The molecule has 2 aromatic heterocycles. The van der Waals surface area contributed by atoms with Gasteiger partial charge < -0.3 is 14.6 Å². The number of hydrogen-bond donors (Lipinski definition) is 1. The molecule has 2 aromatic carbocycles. The first-order valence-electron chi connectivity index (χ1n) is 9.48. The molecule has 148 valence electrons. The van der Waals surface area contributed by atoms with Crippen molar-refractivity contribution < 1.29 is 9.53 Å². The Hall–Kier alpha value is -2.96. The second kappa shape index (κ2) is 8.19. The number of nitrogens with one attached hydrogen (secondary N) is 1. The average Bonchev–Trinajstić information content (AvgIpc) is 3.33. The summed E-state index contributed by atoms with van der Waals surface area (Å²) in [6, 6.07) is 16.3. The van der Waals surface area contributed by atoms with Crippen LogP contribution in [0, 0.1) is 13.8 Å². The van der Waals surface area contributed by atoms with Gasteiger partial charge >= 0.3 is 0 Å². The third-order valence-corrected chi connectivity index (χ3v) is 5.78. The van der Waals surface area contributed by atoms with Crippen LogP contribution < -0.4 is 5.32 Å². The molecule has 6 heteroatoms. The van der Waals surface area contributed by atoms with E-state index in [-0.39, 0.29) is 5.91 Å². The van der Waals surface area contributed by atoms with E-state index in [0.717, 1.165) is 39.4 Å². The van der Waals surface area contributed by atoms with Gasteiger partial charge in [0.05, 0.1) is 12.3 Å². The zero-order valence-electron chi connectivity index (χ0n) is 16.7. The van der Waals surface area contributed by atoms with E-state index in [1.165, 1.54) is 16.9 Å². The number of methoxy groups -OCH3 is 1. The minimum Gasteiger partial charge on any atom is -0.383 e. The van der Waals surface area contributed by atoms with Crippen LogP contribution in [0.15, 0.2) is 53.9 Å². The first-order valence-corrected chi connectivity index (χ1v) is 10.4. The second-order valence-electron chi connectivity index (χ2n) is 7.04. The van der Waals surface area contributed by atoms with Crippen molar-refractivity contribution in [3.63, 3.8) is 0 Å². The summed E-state index contributed by atoms with van der Waals surface area (Å²) in [7, 11) is 1.70. The molecule has 0 radical (unpaired) electrons. The van der Waals surface area contributed by atoms with Gasteiger partial charge in [-0.3, -0.25) is 4.79 Å². The summed E-state index contributed by atoms with van der Waals surface area (Å²) in [6.07, 6.45) is 0. The number of amides is 1. The van der Waals surface area contributed by atoms with Gasteiger partial charge in [-0.2, -0.15) is 0 Å². The number of carbonyl (C=O) groups excluding carboxylic acids is 1. The number of rotatable bonds is 6. The van der Waals surface area contributed by atoms with Crippen LogP contribution in [0.2, 0.25) is 0 Å². The van der Waals surface area contributed by atoms with E-state index in [1.807, 2.05) is 43.5 Å². The lowest BCUT2D eigenvalue weighted by atomic mass is 10.1. The smallest absolute Gasteiger partial charge is 0.275 e. The summed E-state index contributed by atoms with van der Waals surface area (Å²) in [5, 5.41) is 6.75. The Kier molecular flexibility index (Phi) is 5.47. The molecule has 2 heterocycles. The average molecular weight is 406 g/mol. The van der Waals surface area contributed by atoms with Gasteiger partial charge in [-0.25, -0.2) is 4.98 Å². The molecule has 4 rings (SSSR count). The van der Waals surface area contributed by atoms with Gasteiger partial charge in [0.1, 0.15) is 10.7 Å².